The fourth-order valence-corrected chi connectivity index (χ4v) is 3.39. The van der Waals surface area contributed by atoms with Crippen LogP contribution in [-0.4, -0.2) is 16.8 Å². The van der Waals surface area contributed by atoms with Crippen molar-refractivity contribution in [2.75, 3.05) is 5.32 Å². The summed E-state index contributed by atoms with van der Waals surface area (Å²) in [5.74, 6) is -3.31. The van der Waals surface area contributed by atoms with Gasteiger partial charge < -0.3 is 15.2 Å². The summed E-state index contributed by atoms with van der Waals surface area (Å²) < 4.78 is 0. The molecule has 3 rings (SSSR count). The summed E-state index contributed by atoms with van der Waals surface area (Å²) in [7, 11) is 0. The molecule has 0 radical (unpaired) electrons. The summed E-state index contributed by atoms with van der Waals surface area (Å²) >= 11 is 0. The van der Waals surface area contributed by atoms with Gasteiger partial charge in [-0.15, -0.1) is 0 Å². The second kappa shape index (κ2) is 5.25. The van der Waals surface area contributed by atoms with Gasteiger partial charge in [0, 0.05) is 29.7 Å². The van der Waals surface area contributed by atoms with Crippen LogP contribution in [0.4, 0.5) is 11.4 Å². The minimum Gasteiger partial charge on any atom is -0.550 e. The molecule has 2 aliphatic rings. The smallest absolute Gasteiger partial charge is 0.269 e. The Bertz CT molecular complexity index is 667. The van der Waals surface area contributed by atoms with Gasteiger partial charge in [-0.2, -0.15) is 0 Å². The molecule has 4 atom stereocenters. The Morgan fingerprint density at radius 3 is 2.23 bits per heavy atom. The van der Waals surface area contributed by atoms with E-state index in [1.54, 1.807) is 0 Å². The first-order chi connectivity index (χ1) is 10.5. The van der Waals surface area contributed by atoms with Crippen molar-refractivity contribution in [2.45, 2.75) is 6.42 Å². The van der Waals surface area contributed by atoms with Gasteiger partial charge in [-0.3, -0.25) is 14.9 Å². The number of nitro groups is 1. The van der Waals surface area contributed by atoms with Crippen molar-refractivity contribution in [3.63, 3.8) is 0 Å². The molecule has 0 aliphatic heterocycles. The van der Waals surface area contributed by atoms with Crippen LogP contribution >= 0.6 is 0 Å². The van der Waals surface area contributed by atoms with Crippen molar-refractivity contribution in [3.05, 3.63) is 46.5 Å². The van der Waals surface area contributed by atoms with Crippen molar-refractivity contribution in [1.82, 2.24) is 0 Å². The zero-order chi connectivity index (χ0) is 15.9. The fraction of sp³-hybridized carbons (Fsp3) is 0.333. The Labute approximate surface area is 125 Å². The summed E-state index contributed by atoms with van der Waals surface area (Å²) in [6, 6.07) is 5.42. The van der Waals surface area contributed by atoms with Gasteiger partial charge in [0.25, 0.3) is 5.69 Å². The highest BCUT2D eigenvalue weighted by Gasteiger charge is 2.48. The third-order valence-electron chi connectivity index (χ3n) is 4.38. The van der Waals surface area contributed by atoms with E-state index >= 15 is 0 Å². The number of nitro benzene ring substituents is 1. The van der Waals surface area contributed by atoms with Crippen LogP contribution in [0.2, 0.25) is 0 Å². The second-order valence-corrected chi connectivity index (χ2v) is 5.61. The minimum absolute atomic E-state index is 0.0755. The van der Waals surface area contributed by atoms with Crippen LogP contribution in [-0.2, 0) is 9.59 Å². The number of hydrogen-bond donors (Lipinski definition) is 1. The van der Waals surface area contributed by atoms with Gasteiger partial charge in [-0.05, 0) is 30.4 Å². The van der Waals surface area contributed by atoms with Crippen molar-refractivity contribution < 1.29 is 19.6 Å². The molecule has 0 saturated heterocycles. The Morgan fingerprint density at radius 1 is 1.09 bits per heavy atom. The highest BCUT2D eigenvalue weighted by molar-refractivity contribution is 5.96. The SMILES string of the molecule is O=C([O-])[C@H]1[C@H](C(=O)Nc2ccc([N+](=O)[O-])cc2)[C@H]2C=C[C@@H]1C2. The van der Waals surface area contributed by atoms with E-state index in [1.165, 1.54) is 24.3 Å². The molecule has 1 N–H and O–H groups in total. The van der Waals surface area contributed by atoms with Crippen LogP contribution in [0.3, 0.4) is 0 Å². The molecule has 22 heavy (non-hydrogen) atoms. The van der Waals surface area contributed by atoms with Crippen LogP contribution in [0, 0.1) is 33.8 Å². The molecule has 1 fully saturated rings. The number of amides is 1. The van der Waals surface area contributed by atoms with Crippen LogP contribution in [0.1, 0.15) is 6.42 Å². The van der Waals surface area contributed by atoms with E-state index in [2.05, 4.69) is 5.32 Å². The van der Waals surface area contributed by atoms with Crippen LogP contribution in [0.5, 0.6) is 0 Å². The van der Waals surface area contributed by atoms with Crippen molar-refractivity contribution in [2.24, 2.45) is 23.7 Å². The van der Waals surface area contributed by atoms with Gasteiger partial charge in [-0.25, -0.2) is 0 Å². The summed E-state index contributed by atoms with van der Waals surface area (Å²) in [5.41, 5.74) is 0.327. The highest BCUT2D eigenvalue weighted by atomic mass is 16.6. The third-order valence-corrected chi connectivity index (χ3v) is 4.38. The van der Waals surface area contributed by atoms with Gasteiger partial charge in [0.15, 0.2) is 0 Å². The van der Waals surface area contributed by atoms with E-state index in [1.807, 2.05) is 12.2 Å². The molecule has 0 heterocycles. The number of carbonyl (C=O) groups is 2. The number of benzene rings is 1. The molecule has 7 nitrogen and oxygen atoms in total. The minimum atomic E-state index is -1.21. The fourth-order valence-electron chi connectivity index (χ4n) is 3.39. The predicted molar refractivity (Wildman–Crippen MR) is 74.5 cm³/mol. The standard InChI is InChI=1S/C15H14N2O5/c18-14(16-10-3-5-11(6-4-10)17(21)22)12-8-1-2-9(7-8)13(12)15(19)20/h1-6,8-9,12-13H,7H2,(H,16,18)(H,19,20)/p-1/t8-,9+,12+,13+/m0/s1. The first kappa shape index (κ1) is 14.2. The summed E-state index contributed by atoms with van der Waals surface area (Å²) in [6.07, 6.45) is 4.36. The molecule has 1 amide bonds. The number of aliphatic carboxylic acids is 1. The van der Waals surface area contributed by atoms with Crippen molar-refractivity contribution in [3.8, 4) is 0 Å². The van der Waals surface area contributed by atoms with Crippen LogP contribution in [0.15, 0.2) is 36.4 Å². The molecule has 2 bridgehead atoms. The topological polar surface area (TPSA) is 112 Å². The quantitative estimate of drug-likeness (QED) is 0.500. The number of carboxylic acids is 1. The highest BCUT2D eigenvalue weighted by Crippen LogP contribution is 2.48. The number of non-ortho nitro benzene ring substituents is 1. The molecule has 0 aromatic heterocycles. The average Bonchev–Trinajstić information content (AvgIpc) is 3.08. The van der Waals surface area contributed by atoms with Crippen LogP contribution < -0.4 is 10.4 Å². The molecule has 2 aliphatic carbocycles. The normalized spacial score (nSPS) is 28.5. The van der Waals surface area contributed by atoms with Gasteiger partial charge in [-0.1, -0.05) is 12.2 Å². The molecule has 1 aromatic rings. The van der Waals surface area contributed by atoms with E-state index in [0.29, 0.717) is 12.1 Å². The first-order valence-electron chi connectivity index (χ1n) is 6.92. The average molecular weight is 301 g/mol. The van der Waals surface area contributed by atoms with Crippen LogP contribution in [0.25, 0.3) is 0 Å². The Balaban J connectivity index is 1.75. The predicted octanol–water partition coefficient (Wildman–Crippen LogP) is 0.721. The Morgan fingerprint density at radius 2 is 1.68 bits per heavy atom. The van der Waals surface area contributed by atoms with Gasteiger partial charge >= 0.3 is 0 Å². The molecular weight excluding hydrogens is 288 g/mol. The Hall–Kier alpha value is -2.70. The molecule has 7 heteroatoms. The molecule has 114 valence electrons. The number of fused-ring (bicyclic) bond motifs is 2. The number of carboxylic acid groups (broad SMARTS) is 1. The number of hydrogen-bond acceptors (Lipinski definition) is 5. The maximum atomic E-state index is 12.4. The van der Waals surface area contributed by atoms with E-state index in [4.69, 9.17) is 0 Å². The zero-order valence-corrected chi connectivity index (χ0v) is 11.5. The lowest BCUT2D eigenvalue weighted by atomic mass is 9.82. The van der Waals surface area contributed by atoms with E-state index < -0.39 is 22.7 Å². The number of carbonyl (C=O) groups excluding carboxylic acids is 2. The molecule has 0 unspecified atom stereocenters. The lowest BCUT2D eigenvalue weighted by molar-refractivity contribution is -0.384. The van der Waals surface area contributed by atoms with E-state index in [9.17, 15) is 24.8 Å². The number of anilines is 1. The lowest BCUT2D eigenvalue weighted by Gasteiger charge is -2.27. The summed E-state index contributed by atoms with van der Waals surface area (Å²) in [4.78, 5) is 33.7. The number of rotatable bonds is 4. The maximum Gasteiger partial charge on any atom is 0.269 e. The van der Waals surface area contributed by atoms with Crippen molar-refractivity contribution >= 4 is 23.3 Å². The lowest BCUT2D eigenvalue weighted by Crippen LogP contribution is -2.42. The monoisotopic (exact) mass is 301 g/mol. The summed E-state index contributed by atoms with van der Waals surface area (Å²) in [6.45, 7) is 0. The molecular formula is C15H13N2O5-. The number of allylic oxidation sites excluding steroid dienone is 2. The van der Waals surface area contributed by atoms with Gasteiger partial charge in [0.2, 0.25) is 5.91 Å². The third kappa shape index (κ3) is 2.34. The van der Waals surface area contributed by atoms with E-state index in [-0.39, 0.29) is 23.4 Å². The van der Waals surface area contributed by atoms with Gasteiger partial charge in [0.1, 0.15) is 0 Å². The molecule has 1 aromatic carbocycles. The first-order valence-corrected chi connectivity index (χ1v) is 6.92. The number of nitrogens with zero attached hydrogens (tertiary/aromatic N) is 1. The number of nitrogens with one attached hydrogen (secondary N) is 1. The zero-order valence-electron chi connectivity index (χ0n) is 11.5. The van der Waals surface area contributed by atoms with Gasteiger partial charge in [0.05, 0.1) is 10.8 Å². The van der Waals surface area contributed by atoms with E-state index in [0.717, 1.165) is 0 Å². The molecule has 0 spiro atoms. The maximum absolute atomic E-state index is 12.4. The molecule has 1 saturated carbocycles. The summed E-state index contributed by atoms with van der Waals surface area (Å²) in [5, 5.41) is 24.5. The van der Waals surface area contributed by atoms with Crippen molar-refractivity contribution in [1.29, 1.82) is 0 Å². The second-order valence-electron chi connectivity index (χ2n) is 5.61. The Kier molecular flexibility index (Phi) is 3.40. The largest absolute Gasteiger partial charge is 0.550 e.